The summed E-state index contributed by atoms with van der Waals surface area (Å²) in [4.78, 5) is 21.3. The smallest absolute Gasteiger partial charge is 0.240 e. The number of hydrogen-bond acceptors (Lipinski definition) is 6. The minimum absolute atomic E-state index is 0.0244. The number of anilines is 1. The van der Waals surface area contributed by atoms with Gasteiger partial charge in [-0.1, -0.05) is 29.3 Å². The highest BCUT2D eigenvalue weighted by Crippen LogP contribution is 2.41. The molecule has 0 saturated carbocycles. The molecule has 1 fully saturated rings. The molecule has 0 radical (unpaired) electrons. The molecule has 2 aliphatic heterocycles. The maximum atomic E-state index is 14.0. The lowest BCUT2D eigenvalue weighted by Crippen LogP contribution is -2.45. The van der Waals surface area contributed by atoms with Crippen molar-refractivity contribution in [2.75, 3.05) is 32.4 Å². The van der Waals surface area contributed by atoms with E-state index in [1.54, 1.807) is 19.4 Å². The Hall–Kier alpha value is -2.81. The van der Waals surface area contributed by atoms with Crippen molar-refractivity contribution >= 4 is 51.5 Å². The van der Waals surface area contributed by atoms with Crippen LogP contribution in [0.25, 0.3) is 16.5 Å². The zero-order valence-corrected chi connectivity index (χ0v) is 21.6. The predicted octanol–water partition coefficient (Wildman–Crippen LogP) is 5.71. The second kappa shape index (κ2) is 9.92. The van der Waals surface area contributed by atoms with E-state index in [9.17, 15) is 9.18 Å². The predicted molar refractivity (Wildman–Crippen MR) is 139 cm³/mol. The summed E-state index contributed by atoms with van der Waals surface area (Å²) >= 11 is 12.4. The molecule has 2 atom stereocenters. The van der Waals surface area contributed by atoms with E-state index in [0.717, 1.165) is 35.9 Å². The number of rotatable bonds is 5. The van der Waals surface area contributed by atoms with Crippen molar-refractivity contribution in [2.24, 2.45) is 0 Å². The zero-order valence-electron chi connectivity index (χ0n) is 20.1. The Morgan fingerprint density at radius 3 is 2.83 bits per heavy atom. The fourth-order valence-electron chi connectivity index (χ4n) is 5.04. The molecule has 0 bridgehead atoms. The molecule has 4 heterocycles. The Balaban J connectivity index is 1.40. The van der Waals surface area contributed by atoms with Crippen LogP contribution in [0.1, 0.15) is 43.4 Å². The van der Waals surface area contributed by atoms with E-state index in [4.69, 9.17) is 38.1 Å². The molecule has 3 aromatic rings. The van der Waals surface area contributed by atoms with Crippen molar-refractivity contribution in [1.29, 1.82) is 0 Å². The summed E-state index contributed by atoms with van der Waals surface area (Å²) in [5.74, 6) is -0.0299. The van der Waals surface area contributed by atoms with Gasteiger partial charge in [0.05, 0.1) is 22.7 Å². The molecular formula is C26H27Cl2FN4O3. The quantitative estimate of drug-likeness (QED) is 0.424. The normalized spacial score (nSPS) is 19.5. The average molecular weight is 533 g/mol. The van der Waals surface area contributed by atoms with Gasteiger partial charge in [-0.15, -0.1) is 0 Å². The zero-order chi connectivity index (χ0) is 25.6. The fraction of sp³-hybridized carbons (Fsp3) is 0.385. The Morgan fingerprint density at radius 1 is 1.33 bits per heavy atom. The van der Waals surface area contributed by atoms with E-state index in [2.05, 4.69) is 16.0 Å². The lowest BCUT2D eigenvalue weighted by atomic mass is 9.99. The van der Waals surface area contributed by atoms with Crippen LogP contribution in [0.15, 0.2) is 35.1 Å². The van der Waals surface area contributed by atoms with E-state index in [1.165, 1.54) is 12.1 Å². The van der Waals surface area contributed by atoms with E-state index in [-0.39, 0.29) is 33.6 Å². The molecule has 1 amide bonds. The average Bonchev–Trinajstić information content (AvgIpc) is 3.49. The monoisotopic (exact) mass is 532 g/mol. The maximum Gasteiger partial charge on any atom is 0.240 e. The molecule has 10 heteroatoms. The first-order chi connectivity index (χ1) is 17.3. The van der Waals surface area contributed by atoms with Gasteiger partial charge in [-0.3, -0.25) is 9.69 Å². The summed E-state index contributed by atoms with van der Waals surface area (Å²) < 4.78 is 26.0. The number of halogens is 3. The number of benzene rings is 1. The fourth-order valence-corrected chi connectivity index (χ4v) is 5.72. The van der Waals surface area contributed by atoms with Crippen LogP contribution in [0.4, 0.5) is 10.2 Å². The van der Waals surface area contributed by atoms with Gasteiger partial charge in [-0.2, -0.15) is 0 Å². The minimum Gasteiger partial charge on any atom is -0.478 e. The number of nitrogens with two attached hydrogens (primary N) is 1. The van der Waals surface area contributed by atoms with Gasteiger partial charge in [-0.05, 0) is 57.5 Å². The van der Waals surface area contributed by atoms with Crippen LogP contribution in [0.2, 0.25) is 10.0 Å². The number of aromatic nitrogens is 1. The van der Waals surface area contributed by atoms with Crippen LogP contribution in [-0.2, 0) is 4.79 Å². The number of furan rings is 1. The van der Waals surface area contributed by atoms with Crippen LogP contribution in [0, 0.1) is 5.82 Å². The summed E-state index contributed by atoms with van der Waals surface area (Å²) in [5, 5.41) is 0.913. The SMILES string of the molecule is C[C@@H](Oc1c(N)ncc2c(C3=CCN(C(=O)[C@@H]4CCCN4C)CC3)coc12)c1c(Cl)ccc(F)c1Cl. The number of amides is 1. The van der Waals surface area contributed by atoms with Gasteiger partial charge >= 0.3 is 0 Å². The number of pyridine rings is 1. The molecule has 0 unspecified atom stereocenters. The van der Waals surface area contributed by atoms with Crippen molar-refractivity contribution in [3.8, 4) is 5.75 Å². The summed E-state index contributed by atoms with van der Waals surface area (Å²) in [6, 6.07) is 2.61. The summed E-state index contributed by atoms with van der Waals surface area (Å²) in [5.41, 5.74) is 8.82. The van der Waals surface area contributed by atoms with Gasteiger partial charge in [-0.25, -0.2) is 9.37 Å². The minimum atomic E-state index is -0.717. The van der Waals surface area contributed by atoms with Crippen LogP contribution in [0.3, 0.4) is 0 Å². The third-order valence-corrected chi connectivity index (χ3v) is 7.77. The van der Waals surface area contributed by atoms with E-state index in [1.807, 2.05) is 11.9 Å². The van der Waals surface area contributed by atoms with Crippen LogP contribution in [0.5, 0.6) is 5.75 Å². The van der Waals surface area contributed by atoms with Crippen molar-refractivity contribution < 1.29 is 18.3 Å². The second-order valence-electron chi connectivity index (χ2n) is 9.28. The summed E-state index contributed by atoms with van der Waals surface area (Å²) in [6.07, 6.45) is 7.31. The number of ether oxygens (including phenoxy) is 1. The van der Waals surface area contributed by atoms with Gasteiger partial charge in [0.25, 0.3) is 0 Å². The Bertz CT molecular complexity index is 1360. The highest BCUT2D eigenvalue weighted by molar-refractivity contribution is 6.36. The largest absolute Gasteiger partial charge is 0.478 e. The highest BCUT2D eigenvalue weighted by atomic mass is 35.5. The van der Waals surface area contributed by atoms with Gasteiger partial charge in [0.2, 0.25) is 11.7 Å². The second-order valence-corrected chi connectivity index (χ2v) is 10.1. The van der Waals surface area contributed by atoms with Crippen molar-refractivity contribution in [1.82, 2.24) is 14.8 Å². The Labute approximate surface area is 218 Å². The highest BCUT2D eigenvalue weighted by Gasteiger charge is 2.32. The lowest BCUT2D eigenvalue weighted by Gasteiger charge is -2.30. The first-order valence-corrected chi connectivity index (χ1v) is 12.7. The van der Waals surface area contributed by atoms with E-state index < -0.39 is 11.9 Å². The molecule has 2 aromatic heterocycles. The molecule has 0 aliphatic carbocycles. The molecule has 2 N–H and O–H groups in total. The number of nitrogen functional groups attached to an aromatic ring is 1. The molecule has 5 rings (SSSR count). The molecule has 2 aliphatic rings. The molecule has 1 saturated heterocycles. The van der Waals surface area contributed by atoms with Crippen LogP contribution >= 0.6 is 23.2 Å². The van der Waals surface area contributed by atoms with Gasteiger partial charge < -0.3 is 19.8 Å². The molecule has 0 spiro atoms. The number of nitrogens with zero attached hydrogens (tertiary/aromatic N) is 3. The summed E-state index contributed by atoms with van der Waals surface area (Å²) in [7, 11) is 2.01. The van der Waals surface area contributed by atoms with Crippen molar-refractivity contribution in [2.45, 2.75) is 38.3 Å². The molecular weight excluding hydrogens is 506 g/mol. The van der Waals surface area contributed by atoms with Gasteiger partial charge in [0.15, 0.2) is 11.4 Å². The third kappa shape index (κ3) is 4.42. The van der Waals surface area contributed by atoms with Crippen LogP contribution in [-0.4, -0.2) is 53.4 Å². The summed E-state index contributed by atoms with van der Waals surface area (Å²) in [6.45, 7) is 3.85. The van der Waals surface area contributed by atoms with Gasteiger partial charge in [0.1, 0.15) is 11.9 Å². The number of fused-ring (bicyclic) bond motifs is 1. The van der Waals surface area contributed by atoms with Crippen molar-refractivity contribution in [3.63, 3.8) is 0 Å². The van der Waals surface area contributed by atoms with Crippen LogP contribution < -0.4 is 10.5 Å². The third-order valence-electron chi connectivity index (χ3n) is 7.05. The standard InChI is InChI=1S/C26H27Cl2FN4O3/c1-14(21-18(27)5-6-19(29)22(21)28)36-24-23-16(12-31-25(24)30)17(13-35-23)15-7-10-33(11-8-15)26(34)20-4-3-9-32(20)2/h5-7,12-14,20H,3-4,8-11H2,1-2H3,(H2,30,31)/t14-,20+/m1/s1. The first-order valence-electron chi connectivity index (χ1n) is 11.9. The molecule has 36 heavy (non-hydrogen) atoms. The first kappa shape index (κ1) is 24.9. The number of likely N-dealkylation sites (tertiary alicyclic amines) is 1. The lowest BCUT2D eigenvalue weighted by molar-refractivity contribution is -0.135. The number of likely N-dealkylation sites (N-methyl/N-ethyl adjacent to an activating group) is 1. The van der Waals surface area contributed by atoms with E-state index in [0.29, 0.717) is 30.7 Å². The maximum absolute atomic E-state index is 14.0. The molecule has 7 nitrogen and oxygen atoms in total. The van der Waals surface area contributed by atoms with Gasteiger partial charge in [0, 0.05) is 35.4 Å². The number of hydrogen-bond donors (Lipinski definition) is 1. The molecule has 190 valence electrons. The Morgan fingerprint density at radius 2 is 2.14 bits per heavy atom. The Kier molecular flexibility index (Phi) is 6.85. The van der Waals surface area contributed by atoms with Crippen molar-refractivity contribution in [3.05, 3.63) is 57.7 Å². The number of carbonyl (C=O) groups is 1. The number of carbonyl (C=O) groups excluding carboxylic acids is 1. The molecule has 1 aromatic carbocycles. The van der Waals surface area contributed by atoms with E-state index >= 15 is 0 Å². The topological polar surface area (TPSA) is 84.8 Å².